The Hall–Kier alpha value is -2.87. The van der Waals surface area contributed by atoms with Crippen LogP contribution in [0.1, 0.15) is 53.3 Å². The van der Waals surface area contributed by atoms with Gasteiger partial charge >= 0.3 is 5.69 Å². The summed E-state index contributed by atoms with van der Waals surface area (Å²) in [4.78, 5) is 27.9. The minimum Gasteiger partial charge on any atom is -0.393 e. The first-order valence-electron chi connectivity index (χ1n) is 9.62. The van der Waals surface area contributed by atoms with Crippen LogP contribution in [0, 0.1) is 6.92 Å². The summed E-state index contributed by atoms with van der Waals surface area (Å²) in [6.07, 6.45) is 4.59. The highest BCUT2D eigenvalue weighted by Crippen LogP contribution is 2.29. The quantitative estimate of drug-likeness (QED) is 0.639. The van der Waals surface area contributed by atoms with E-state index in [1.165, 1.54) is 0 Å². The number of aromatic amines is 1. The van der Waals surface area contributed by atoms with Crippen molar-refractivity contribution in [3.8, 4) is 0 Å². The summed E-state index contributed by atoms with van der Waals surface area (Å²) >= 11 is 0. The van der Waals surface area contributed by atoms with Gasteiger partial charge in [0, 0.05) is 37.0 Å². The summed E-state index contributed by atoms with van der Waals surface area (Å²) in [6.45, 7) is 2.31. The number of carbonyl (C=O) groups is 1. The van der Waals surface area contributed by atoms with E-state index in [-0.39, 0.29) is 23.7 Å². The lowest BCUT2D eigenvalue weighted by Crippen LogP contribution is -2.27. The Balaban J connectivity index is 1.54. The van der Waals surface area contributed by atoms with E-state index >= 15 is 0 Å². The molecule has 1 amide bonds. The molecule has 4 rings (SSSR count). The number of nitrogens with zero attached hydrogens (tertiary/aromatic N) is 3. The van der Waals surface area contributed by atoms with Gasteiger partial charge in [-0.1, -0.05) is 0 Å². The van der Waals surface area contributed by atoms with Crippen LogP contribution in [0.4, 0.5) is 0 Å². The molecule has 1 aliphatic carbocycles. The zero-order valence-corrected chi connectivity index (χ0v) is 16.1. The first-order chi connectivity index (χ1) is 13.4. The summed E-state index contributed by atoms with van der Waals surface area (Å²) < 4.78 is 3.49. The van der Waals surface area contributed by atoms with E-state index in [0.29, 0.717) is 30.5 Å². The number of hydrogen-bond donors (Lipinski definition) is 3. The van der Waals surface area contributed by atoms with Gasteiger partial charge in [-0.3, -0.25) is 14.0 Å². The van der Waals surface area contributed by atoms with Crippen molar-refractivity contribution < 1.29 is 9.90 Å². The number of aliphatic hydroxyl groups is 1. The van der Waals surface area contributed by atoms with Crippen LogP contribution in [0.15, 0.2) is 29.2 Å². The molecule has 0 spiro atoms. The van der Waals surface area contributed by atoms with Gasteiger partial charge in [-0.15, -0.1) is 0 Å². The number of nitrogens with one attached hydrogen (secondary N) is 2. The largest absolute Gasteiger partial charge is 0.393 e. The van der Waals surface area contributed by atoms with E-state index in [9.17, 15) is 14.7 Å². The van der Waals surface area contributed by atoms with Crippen LogP contribution in [0.2, 0.25) is 0 Å². The molecule has 8 nitrogen and oxygen atoms in total. The van der Waals surface area contributed by atoms with Crippen molar-refractivity contribution in [1.82, 2.24) is 24.6 Å². The molecule has 0 bridgehead atoms. The molecular formula is C20H25N5O3. The van der Waals surface area contributed by atoms with Gasteiger partial charge in [-0.2, -0.15) is 5.10 Å². The van der Waals surface area contributed by atoms with Crippen molar-refractivity contribution in [3.63, 3.8) is 0 Å². The van der Waals surface area contributed by atoms with Crippen LogP contribution in [-0.4, -0.2) is 36.4 Å². The zero-order valence-electron chi connectivity index (χ0n) is 16.1. The molecule has 1 aromatic carbocycles. The second kappa shape index (κ2) is 7.27. The van der Waals surface area contributed by atoms with Crippen molar-refractivity contribution in [3.05, 3.63) is 51.7 Å². The number of amides is 1. The summed E-state index contributed by atoms with van der Waals surface area (Å²) in [5.41, 5.74) is 3.64. The van der Waals surface area contributed by atoms with Crippen molar-refractivity contribution in [1.29, 1.82) is 0 Å². The highest BCUT2D eigenvalue weighted by Gasteiger charge is 2.24. The van der Waals surface area contributed by atoms with Gasteiger partial charge in [-0.05, 0) is 50.8 Å². The number of aryl methyl sites for hydroxylation is 2. The Bertz CT molecular complexity index is 1070. The molecule has 3 N–H and O–H groups in total. The SMILES string of the molecule is Cc1nn(C)cc1CNC(=O)c1ccc2c(c1)[nH]c(=O)n2C1CCC(O)CC1. The van der Waals surface area contributed by atoms with E-state index in [0.717, 1.165) is 29.6 Å². The summed E-state index contributed by atoms with van der Waals surface area (Å²) in [5, 5.41) is 16.9. The lowest BCUT2D eigenvalue weighted by Gasteiger charge is -2.26. The molecule has 0 radical (unpaired) electrons. The summed E-state index contributed by atoms with van der Waals surface area (Å²) in [7, 11) is 1.85. The number of aliphatic hydroxyl groups excluding tert-OH is 1. The van der Waals surface area contributed by atoms with Gasteiger partial charge in [-0.25, -0.2) is 4.79 Å². The Morgan fingerprint density at radius 3 is 2.75 bits per heavy atom. The molecule has 0 atom stereocenters. The van der Waals surface area contributed by atoms with Crippen LogP contribution in [-0.2, 0) is 13.6 Å². The molecule has 2 heterocycles. The van der Waals surface area contributed by atoms with E-state index in [2.05, 4.69) is 15.4 Å². The lowest BCUT2D eigenvalue weighted by atomic mass is 9.93. The molecule has 1 saturated carbocycles. The number of aromatic nitrogens is 4. The van der Waals surface area contributed by atoms with Gasteiger partial charge in [0.2, 0.25) is 0 Å². The van der Waals surface area contributed by atoms with Crippen LogP contribution in [0.25, 0.3) is 11.0 Å². The normalized spacial score (nSPS) is 19.8. The molecule has 28 heavy (non-hydrogen) atoms. The molecule has 2 aromatic heterocycles. The lowest BCUT2D eigenvalue weighted by molar-refractivity contribution is 0.0951. The third kappa shape index (κ3) is 3.47. The third-order valence-corrected chi connectivity index (χ3v) is 5.56. The first-order valence-corrected chi connectivity index (χ1v) is 9.62. The smallest absolute Gasteiger partial charge is 0.326 e. The Morgan fingerprint density at radius 1 is 1.32 bits per heavy atom. The molecule has 8 heteroatoms. The highest BCUT2D eigenvalue weighted by molar-refractivity contribution is 5.97. The second-order valence-electron chi connectivity index (χ2n) is 7.59. The maximum Gasteiger partial charge on any atom is 0.326 e. The van der Waals surface area contributed by atoms with E-state index in [1.54, 1.807) is 21.4 Å². The Morgan fingerprint density at radius 2 is 2.07 bits per heavy atom. The molecular weight excluding hydrogens is 358 g/mol. The van der Waals surface area contributed by atoms with E-state index in [1.807, 2.05) is 26.2 Å². The Labute approximate surface area is 162 Å². The van der Waals surface area contributed by atoms with Crippen LogP contribution >= 0.6 is 0 Å². The highest BCUT2D eigenvalue weighted by atomic mass is 16.3. The number of fused-ring (bicyclic) bond motifs is 1. The summed E-state index contributed by atoms with van der Waals surface area (Å²) in [6, 6.07) is 5.37. The van der Waals surface area contributed by atoms with Crippen LogP contribution in [0.5, 0.6) is 0 Å². The minimum atomic E-state index is -0.268. The fourth-order valence-corrected chi connectivity index (χ4v) is 4.05. The predicted octanol–water partition coefficient (Wildman–Crippen LogP) is 1.78. The van der Waals surface area contributed by atoms with Crippen molar-refractivity contribution >= 4 is 16.9 Å². The Kier molecular flexibility index (Phi) is 4.80. The number of rotatable bonds is 4. The molecule has 0 saturated heterocycles. The standard InChI is InChI=1S/C20H25N5O3/c1-12-14(11-24(2)23-12)10-21-19(27)13-3-8-18-17(9-13)22-20(28)25(18)15-4-6-16(26)7-5-15/h3,8-9,11,15-16,26H,4-7,10H2,1-2H3,(H,21,27)(H,22,28). The fraction of sp³-hybridized carbons (Fsp3) is 0.450. The minimum absolute atomic E-state index is 0.0814. The number of H-pyrrole nitrogens is 1. The van der Waals surface area contributed by atoms with E-state index in [4.69, 9.17) is 0 Å². The molecule has 3 aromatic rings. The maximum absolute atomic E-state index is 12.5. The second-order valence-corrected chi connectivity index (χ2v) is 7.59. The predicted molar refractivity (Wildman–Crippen MR) is 105 cm³/mol. The molecule has 0 unspecified atom stereocenters. The van der Waals surface area contributed by atoms with Gasteiger partial charge in [0.1, 0.15) is 0 Å². The average Bonchev–Trinajstić information content (AvgIpc) is 3.17. The summed E-state index contributed by atoms with van der Waals surface area (Å²) in [5.74, 6) is -0.195. The maximum atomic E-state index is 12.5. The van der Waals surface area contributed by atoms with Gasteiger partial charge in [0.25, 0.3) is 5.91 Å². The van der Waals surface area contributed by atoms with Gasteiger partial charge < -0.3 is 15.4 Å². The van der Waals surface area contributed by atoms with Gasteiger partial charge in [0.15, 0.2) is 0 Å². The number of benzene rings is 1. The number of hydrogen-bond acceptors (Lipinski definition) is 4. The van der Waals surface area contributed by atoms with Crippen molar-refractivity contribution in [2.75, 3.05) is 0 Å². The zero-order chi connectivity index (χ0) is 19.8. The molecule has 0 aliphatic heterocycles. The molecule has 1 fully saturated rings. The topological polar surface area (TPSA) is 105 Å². The van der Waals surface area contributed by atoms with E-state index < -0.39 is 0 Å². The van der Waals surface area contributed by atoms with Crippen molar-refractivity contribution in [2.24, 2.45) is 7.05 Å². The van der Waals surface area contributed by atoms with Gasteiger partial charge in [0.05, 0.1) is 22.8 Å². The monoisotopic (exact) mass is 383 g/mol. The fourth-order valence-electron chi connectivity index (χ4n) is 4.05. The molecule has 1 aliphatic rings. The van der Waals surface area contributed by atoms with Crippen molar-refractivity contribution in [2.45, 2.75) is 51.3 Å². The number of imidazole rings is 1. The van der Waals surface area contributed by atoms with Crippen LogP contribution < -0.4 is 11.0 Å². The third-order valence-electron chi connectivity index (χ3n) is 5.56. The molecule has 148 valence electrons. The number of carbonyl (C=O) groups excluding carboxylic acids is 1. The first kappa shape index (κ1) is 18.5. The van der Waals surface area contributed by atoms with Crippen LogP contribution in [0.3, 0.4) is 0 Å². The average molecular weight is 383 g/mol.